The summed E-state index contributed by atoms with van der Waals surface area (Å²) < 4.78 is 14.3. The summed E-state index contributed by atoms with van der Waals surface area (Å²) in [6.07, 6.45) is 4.76. The lowest BCUT2D eigenvalue weighted by Gasteiger charge is -2.23. The van der Waals surface area contributed by atoms with Crippen molar-refractivity contribution in [2.24, 2.45) is 0 Å². The molecule has 0 spiro atoms. The first-order valence-corrected chi connectivity index (χ1v) is 8.50. The second kappa shape index (κ2) is 8.85. The van der Waals surface area contributed by atoms with Gasteiger partial charge in [0.15, 0.2) is 5.84 Å². The first kappa shape index (κ1) is 20.7. The molecule has 0 saturated carbocycles. The molecule has 146 valence electrons. The maximum Gasteiger partial charge on any atom is 0.259 e. The van der Waals surface area contributed by atoms with E-state index in [4.69, 9.17) is 16.2 Å². The number of carbonyl (C=O) groups excluding carboxylic acids is 1. The van der Waals surface area contributed by atoms with E-state index in [0.717, 1.165) is 18.5 Å². The lowest BCUT2D eigenvalue weighted by Crippen LogP contribution is -2.36. The third kappa shape index (κ3) is 4.56. The maximum absolute atomic E-state index is 14.3. The molecule has 0 aliphatic heterocycles. The van der Waals surface area contributed by atoms with Gasteiger partial charge in [-0.3, -0.25) is 15.6 Å². The molecule has 0 unspecified atom stereocenters. The SMILES string of the molecule is CN/C=C1/C=C(F)C(C(=O)Nc2cccc(C(=N)N(C=N)C(C)C)n2)=CC1=N. The molecule has 1 aliphatic carbocycles. The van der Waals surface area contributed by atoms with E-state index in [1.807, 2.05) is 13.8 Å². The van der Waals surface area contributed by atoms with E-state index >= 15 is 0 Å². The number of hydrogen-bond acceptors (Lipinski definition) is 6. The summed E-state index contributed by atoms with van der Waals surface area (Å²) in [7, 11) is 1.63. The largest absolute Gasteiger partial charge is 0.393 e. The average molecular weight is 383 g/mol. The lowest BCUT2D eigenvalue weighted by atomic mass is 9.99. The summed E-state index contributed by atoms with van der Waals surface area (Å²) in [5.74, 6) is -1.36. The highest BCUT2D eigenvalue weighted by atomic mass is 19.1. The fourth-order valence-electron chi connectivity index (χ4n) is 2.46. The normalized spacial score (nSPS) is 15.0. The molecular weight excluding hydrogens is 361 g/mol. The molecule has 1 aliphatic rings. The van der Waals surface area contributed by atoms with Gasteiger partial charge >= 0.3 is 0 Å². The molecule has 1 aromatic rings. The van der Waals surface area contributed by atoms with Gasteiger partial charge in [0.2, 0.25) is 0 Å². The van der Waals surface area contributed by atoms with Crippen molar-refractivity contribution in [1.82, 2.24) is 15.2 Å². The zero-order chi connectivity index (χ0) is 20.8. The molecule has 0 radical (unpaired) electrons. The van der Waals surface area contributed by atoms with Crippen LogP contribution in [0.2, 0.25) is 0 Å². The highest BCUT2D eigenvalue weighted by molar-refractivity contribution is 6.18. The van der Waals surface area contributed by atoms with Gasteiger partial charge in [-0.2, -0.15) is 0 Å². The molecule has 0 saturated heterocycles. The van der Waals surface area contributed by atoms with Gasteiger partial charge in [-0.05, 0) is 38.1 Å². The molecule has 1 aromatic heterocycles. The van der Waals surface area contributed by atoms with E-state index in [2.05, 4.69) is 15.6 Å². The summed E-state index contributed by atoms with van der Waals surface area (Å²) in [6, 6.07) is 4.60. The van der Waals surface area contributed by atoms with Crippen LogP contribution in [-0.2, 0) is 4.79 Å². The molecule has 5 N–H and O–H groups in total. The van der Waals surface area contributed by atoms with Crippen molar-refractivity contribution in [3.05, 3.63) is 59.2 Å². The number of amidine groups is 1. The van der Waals surface area contributed by atoms with Gasteiger partial charge in [-0.25, -0.2) is 9.37 Å². The van der Waals surface area contributed by atoms with Crippen molar-refractivity contribution in [3.8, 4) is 0 Å². The predicted molar refractivity (Wildman–Crippen MR) is 108 cm³/mol. The number of hydrogen-bond donors (Lipinski definition) is 5. The topological polar surface area (TPSA) is 129 Å². The molecular formula is C19H22FN7O. The Labute approximate surface area is 162 Å². The summed E-state index contributed by atoms with van der Waals surface area (Å²) in [5.41, 5.74) is 0.313. The van der Waals surface area contributed by atoms with Crippen LogP contribution in [0.15, 0.2) is 53.5 Å². The second-order valence-corrected chi connectivity index (χ2v) is 6.19. The highest BCUT2D eigenvalue weighted by Crippen LogP contribution is 2.22. The first-order chi connectivity index (χ1) is 13.3. The van der Waals surface area contributed by atoms with Gasteiger partial charge in [-0.15, -0.1) is 0 Å². The average Bonchev–Trinajstić information content (AvgIpc) is 2.65. The van der Waals surface area contributed by atoms with E-state index in [0.29, 0.717) is 5.57 Å². The number of carbonyl (C=O) groups is 1. The van der Waals surface area contributed by atoms with Crippen molar-refractivity contribution >= 4 is 29.6 Å². The number of rotatable bonds is 6. The Morgan fingerprint density at radius 2 is 2.04 bits per heavy atom. The van der Waals surface area contributed by atoms with Crippen LogP contribution in [0.1, 0.15) is 19.5 Å². The highest BCUT2D eigenvalue weighted by Gasteiger charge is 2.22. The number of nitrogens with one attached hydrogen (secondary N) is 5. The monoisotopic (exact) mass is 383 g/mol. The van der Waals surface area contributed by atoms with Crippen molar-refractivity contribution in [2.75, 3.05) is 12.4 Å². The predicted octanol–water partition coefficient (Wildman–Crippen LogP) is 2.58. The number of aromatic nitrogens is 1. The minimum atomic E-state index is -0.756. The standard InChI is InChI=1S/C19H22FN7O/c1-11(2)27(10-21)18(23)16-5-4-6-17(25-16)26-19(28)13-8-15(22)12(9-24-3)7-14(13)20/h4-11,21-24H,1-3H3,(H,25,26,28)/b12-9-,21-10?,22-15?,23-18?. The number of halogens is 1. The number of amides is 1. The Morgan fingerprint density at radius 3 is 2.64 bits per heavy atom. The van der Waals surface area contributed by atoms with E-state index in [1.165, 1.54) is 17.2 Å². The molecule has 0 aromatic carbocycles. The van der Waals surface area contributed by atoms with Gasteiger partial charge in [0.1, 0.15) is 17.3 Å². The molecule has 28 heavy (non-hydrogen) atoms. The van der Waals surface area contributed by atoms with Crippen molar-refractivity contribution in [1.29, 1.82) is 16.2 Å². The Balaban J connectivity index is 2.22. The Bertz CT molecular complexity index is 915. The molecule has 2 rings (SSSR count). The fourth-order valence-corrected chi connectivity index (χ4v) is 2.46. The fraction of sp³-hybridized carbons (Fsp3) is 0.211. The van der Waals surface area contributed by atoms with Crippen LogP contribution >= 0.6 is 0 Å². The summed E-state index contributed by atoms with van der Waals surface area (Å²) >= 11 is 0. The van der Waals surface area contributed by atoms with Gasteiger partial charge in [-0.1, -0.05) is 6.07 Å². The van der Waals surface area contributed by atoms with Crippen molar-refractivity contribution in [2.45, 2.75) is 19.9 Å². The van der Waals surface area contributed by atoms with Crippen LogP contribution in [0.3, 0.4) is 0 Å². The van der Waals surface area contributed by atoms with Crippen molar-refractivity contribution in [3.63, 3.8) is 0 Å². The Kier molecular flexibility index (Phi) is 6.54. The van der Waals surface area contributed by atoms with E-state index in [-0.39, 0.29) is 34.7 Å². The molecule has 0 fully saturated rings. The molecule has 9 heteroatoms. The number of anilines is 1. The smallest absolute Gasteiger partial charge is 0.259 e. The van der Waals surface area contributed by atoms with Crippen LogP contribution in [0.4, 0.5) is 10.2 Å². The zero-order valence-electron chi connectivity index (χ0n) is 15.8. The molecule has 0 atom stereocenters. The molecule has 0 bridgehead atoms. The van der Waals surface area contributed by atoms with Crippen molar-refractivity contribution < 1.29 is 9.18 Å². The maximum atomic E-state index is 14.3. The van der Waals surface area contributed by atoms with Crippen LogP contribution in [0, 0.1) is 16.2 Å². The summed E-state index contributed by atoms with van der Waals surface area (Å²) in [6.45, 7) is 3.67. The third-order valence-corrected chi connectivity index (χ3v) is 3.87. The molecule has 1 amide bonds. The summed E-state index contributed by atoms with van der Waals surface area (Å²) in [4.78, 5) is 18.1. The third-order valence-electron chi connectivity index (χ3n) is 3.87. The van der Waals surface area contributed by atoms with Crippen LogP contribution < -0.4 is 10.6 Å². The van der Waals surface area contributed by atoms with E-state index in [1.54, 1.807) is 19.2 Å². The van der Waals surface area contributed by atoms with Gasteiger partial charge < -0.3 is 20.9 Å². The van der Waals surface area contributed by atoms with Gasteiger partial charge in [0.25, 0.3) is 5.91 Å². The number of pyridine rings is 1. The minimum absolute atomic E-state index is 0.00273. The minimum Gasteiger partial charge on any atom is -0.393 e. The lowest BCUT2D eigenvalue weighted by molar-refractivity contribution is -0.112. The van der Waals surface area contributed by atoms with Crippen LogP contribution in [-0.4, -0.2) is 46.8 Å². The van der Waals surface area contributed by atoms with Gasteiger partial charge in [0.05, 0.1) is 17.6 Å². The van der Waals surface area contributed by atoms with Crippen LogP contribution in [0.5, 0.6) is 0 Å². The van der Waals surface area contributed by atoms with Crippen LogP contribution in [0.25, 0.3) is 0 Å². The Morgan fingerprint density at radius 1 is 1.32 bits per heavy atom. The number of allylic oxidation sites excluding steroid dienone is 3. The molecule has 1 heterocycles. The second-order valence-electron chi connectivity index (χ2n) is 6.19. The summed E-state index contributed by atoms with van der Waals surface area (Å²) in [5, 5.41) is 28.7. The quantitative estimate of drug-likeness (QED) is 0.382. The number of nitrogens with zero attached hydrogens (tertiary/aromatic N) is 2. The van der Waals surface area contributed by atoms with Gasteiger partial charge in [0, 0.05) is 24.9 Å². The zero-order valence-corrected chi connectivity index (χ0v) is 15.8. The molecule has 8 nitrogen and oxygen atoms in total. The Hall–Kier alpha value is -3.62. The van der Waals surface area contributed by atoms with E-state index < -0.39 is 11.7 Å². The first-order valence-electron chi connectivity index (χ1n) is 8.50. The van der Waals surface area contributed by atoms with E-state index in [9.17, 15) is 9.18 Å².